The Balaban J connectivity index is 1.39. The van der Waals surface area contributed by atoms with E-state index in [-0.39, 0.29) is 35.9 Å². The molecule has 4 heterocycles. The second-order valence-electron chi connectivity index (χ2n) is 8.23. The van der Waals surface area contributed by atoms with E-state index in [4.69, 9.17) is 14.2 Å². The zero-order chi connectivity index (χ0) is 23.7. The molecule has 2 aromatic heterocycles. The maximum absolute atomic E-state index is 13.2. The first-order valence-electron chi connectivity index (χ1n) is 11.1. The molecule has 0 spiro atoms. The van der Waals surface area contributed by atoms with Crippen molar-refractivity contribution in [3.63, 3.8) is 0 Å². The smallest absolute Gasteiger partial charge is 0.343 e. The third-order valence-corrected chi connectivity index (χ3v) is 6.92. The lowest BCUT2D eigenvalue weighted by molar-refractivity contribution is -0.137. The predicted octanol–water partition coefficient (Wildman–Crippen LogP) is 2.66. The van der Waals surface area contributed by atoms with Crippen molar-refractivity contribution >= 4 is 23.2 Å². The number of pyridine rings is 1. The number of esters is 1. The van der Waals surface area contributed by atoms with Crippen LogP contribution >= 0.6 is 11.3 Å². The molecule has 2 aliphatic rings. The van der Waals surface area contributed by atoms with Crippen LogP contribution in [0.1, 0.15) is 27.2 Å². The average molecular weight is 481 g/mol. The Kier molecular flexibility index (Phi) is 6.10. The van der Waals surface area contributed by atoms with E-state index < -0.39 is 12.1 Å². The first kappa shape index (κ1) is 22.2. The van der Waals surface area contributed by atoms with E-state index in [1.165, 1.54) is 13.2 Å². The van der Waals surface area contributed by atoms with Gasteiger partial charge in [-0.2, -0.15) is 11.3 Å². The van der Waals surface area contributed by atoms with Crippen molar-refractivity contribution in [1.82, 2.24) is 9.47 Å². The fourth-order valence-electron chi connectivity index (χ4n) is 4.46. The van der Waals surface area contributed by atoms with Gasteiger partial charge in [0.25, 0.3) is 11.5 Å². The van der Waals surface area contributed by atoms with E-state index in [1.54, 1.807) is 20.8 Å². The molecule has 3 aromatic rings. The molecule has 8 nitrogen and oxygen atoms in total. The number of aromatic nitrogens is 1. The van der Waals surface area contributed by atoms with Crippen molar-refractivity contribution in [2.24, 2.45) is 0 Å². The van der Waals surface area contributed by atoms with Crippen LogP contribution in [0.5, 0.6) is 11.5 Å². The van der Waals surface area contributed by atoms with Gasteiger partial charge in [-0.15, -0.1) is 0 Å². The van der Waals surface area contributed by atoms with E-state index in [1.807, 2.05) is 41.1 Å². The fraction of sp³-hybridized carbons (Fsp3) is 0.320. The van der Waals surface area contributed by atoms with Gasteiger partial charge < -0.3 is 23.7 Å². The Hall–Kier alpha value is -3.59. The standard InChI is InChI=1S/C25H24N2O6S/c1-31-25(30)23-18-6-8-26(24(29)21-12-17-4-2-3-5-19(17)33-21)9-10-27(18)22(28)13-20(23)32-14-16-7-11-34-15-16/h2-5,7,11,13,15,21H,6,8-10,12,14H2,1H3. The lowest BCUT2D eigenvalue weighted by Crippen LogP contribution is -2.43. The molecule has 1 aromatic carbocycles. The van der Waals surface area contributed by atoms with Crippen LogP contribution in [0.2, 0.25) is 0 Å². The predicted molar refractivity (Wildman–Crippen MR) is 126 cm³/mol. The summed E-state index contributed by atoms with van der Waals surface area (Å²) in [5, 5.41) is 3.88. The Labute approximate surface area is 200 Å². The molecular formula is C25H24N2O6S. The Morgan fingerprint density at radius 3 is 2.79 bits per heavy atom. The van der Waals surface area contributed by atoms with Gasteiger partial charge in [0.2, 0.25) is 0 Å². The molecule has 0 N–H and O–H groups in total. The summed E-state index contributed by atoms with van der Waals surface area (Å²) in [6.45, 7) is 1.21. The lowest BCUT2D eigenvalue weighted by Gasteiger charge is -2.23. The topological polar surface area (TPSA) is 87.1 Å². The van der Waals surface area contributed by atoms with Gasteiger partial charge in [0.15, 0.2) is 6.10 Å². The van der Waals surface area contributed by atoms with E-state index in [0.29, 0.717) is 31.6 Å². The van der Waals surface area contributed by atoms with E-state index in [9.17, 15) is 14.4 Å². The number of amides is 1. The quantitative estimate of drug-likeness (QED) is 0.522. The van der Waals surface area contributed by atoms with Crippen LogP contribution < -0.4 is 15.0 Å². The number of nitrogens with zero attached hydrogens (tertiary/aromatic N) is 2. The third kappa shape index (κ3) is 4.19. The minimum atomic E-state index is -0.583. The van der Waals surface area contributed by atoms with Crippen LogP contribution in [0.3, 0.4) is 0 Å². The number of hydrogen-bond donors (Lipinski definition) is 0. The van der Waals surface area contributed by atoms with Gasteiger partial charge >= 0.3 is 5.97 Å². The van der Waals surface area contributed by atoms with E-state index >= 15 is 0 Å². The molecule has 0 saturated heterocycles. The summed E-state index contributed by atoms with van der Waals surface area (Å²) in [6.07, 6.45) is 0.257. The zero-order valence-electron chi connectivity index (χ0n) is 18.7. The highest BCUT2D eigenvalue weighted by molar-refractivity contribution is 7.07. The molecule has 34 heavy (non-hydrogen) atoms. The van der Waals surface area contributed by atoms with Gasteiger partial charge in [0.1, 0.15) is 23.7 Å². The highest BCUT2D eigenvalue weighted by atomic mass is 32.1. The highest BCUT2D eigenvalue weighted by Gasteiger charge is 2.34. The van der Waals surface area contributed by atoms with Crippen LogP contribution in [0.25, 0.3) is 0 Å². The van der Waals surface area contributed by atoms with Crippen LogP contribution in [-0.2, 0) is 35.5 Å². The van der Waals surface area contributed by atoms with Crippen molar-refractivity contribution < 1.29 is 23.8 Å². The van der Waals surface area contributed by atoms with Crippen LogP contribution in [0, 0.1) is 0 Å². The molecule has 0 aliphatic carbocycles. The summed E-state index contributed by atoms with van der Waals surface area (Å²) in [5.74, 6) is 0.239. The number of thiophene rings is 1. The maximum Gasteiger partial charge on any atom is 0.343 e. The van der Waals surface area contributed by atoms with Crippen LogP contribution in [0.4, 0.5) is 0 Å². The third-order valence-electron chi connectivity index (χ3n) is 6.19. The number of benzene rings is 1. The number of rotatable bonds is 5. The summed E-state index contributed by atoms with van der Waals surface area (Å²) < 4.78 is 18.3. The number of carbonyl (C=O) groups excluding carboxylic acids is 2. The van der Waals surface area contributed by atoms with Crippen LogP contribution in [-0.4, -0.2) is 47.6 Å². The molecule has 0 bridgehead atoms. The summed E-state index contributed by atoms with van der Waals surface area (Å²) in [5.41, 5.74) is 2.43. The molecule has 0 radical (unpaired) electrons. The van der Waals surface area contributed by atoms with Gasteiger partial charge in [-0.05, 0) is 34.0 Å². The summed E-state index contributed by atoms with van der Waals surface area (Å²) in [4.78, 5) is 40.6. The molecule has 2 aliphatic heterocycles. The van der Waals surface area contributed by atoms with Gasteiger partial charge in [-0.1, -0.05) is 18.2 Å². The molecule has 5 rings (SSSR count). The minimum Gasteiger partial charge on any atom is -0.488 e. The van der Waals surface area contributed by atoms with E-state index in [0.717, 1.165) is 16.9 Å². The minimum absolute atomic E-state index is 0.120. The van der Waals surface area contributed by atoms with Crippen molar-refractivity contribution in [1.29, 1.82) is 0 Å². The number of hydrogen-bond acceptors (Lipinski definition) is 7. The fourth-order valence-corrected chi connectivity index (χ4v) is 5.12. The first-order chi connectivity index (χ1) is 16.5. The summed E-state index contributed by atoms with van der Waals surface area (Å²) in [6, 6.07) is 10.9. The maximum atomic E-state index is 13.2. The molecule has 9 heteroatoms. The number of para-hydroxylation sites is 1. The first-order valence-corrected chi connectivity index (χ1v) is 12.0. The Morgan fingerprint density at radius 1 is 1.18 bits per heavy atom. The summed E-state index contributed by atoms with van der Waals surface area (Å²) in [7, 11) is 1.30. The summed E-state index contributed by atoms with van der Waals surface area (Å²) >= 11 is 1.54. The molecule has 176 valence electrons. The molecule has 0 saturated carbocycles. The van der Waals surface area contributed by atoms with E-state index in [2.05, 4.69) is 0 Å². The normalized spacial score (nSPS) is 16.7. The lowest BCUT2D eigenvalue weighted by atomic mass is 10.1. The number of methoxy groups -OCH3 is 1. The van der Waals surface area contributed by atoms with Crippen LogP contribution in [0.15, 0.2) is 52.0 Å². The molecule has 1 atom stereocenters. The monoisotopic (exact) mass is 480 g/mol. The Bertz CT molecular complexity index is 1260. The second kappa shape index (κ2) is 9.34. The zero-order valence-corrected chi connectivity index (χ0v) is 19.5. The molecule has 1 amide bonds. The largest absolute Gasteiger partial charge is 0.488 e. The van der Waals surface area contributed by atoms with Gasteiger partial charge in [-0.25, -0.2) is 4.79 Å². The van der Waals surface area contributed by atoms with Crippen molar-refractivity contribution in [3.05, 3.63) is 79.9 Å². The van der Waals surface area contributed by atoms with Gasteiger partial charge in [0.05, 0.1) is 7.11 Å². The number of ether oxygens (including phenoxy) is 3. The van der Waals surface area contributed by atoms with Crippen molar-refractivity contribution in [2.75, 3.05) is 20.2 Å². The molecular weight excluding hydrogens is 456 g/mol. The average Bonchev–Trinajstić information content (AvgIpc) is 3.47. The number of fused-ring (bicyclic) bond motifs is 2. The van der Waals surface area contributed by atoms with Gasteiger partial charge in [0, 0.05) is 44.2 Å². The van der Waals surface area contributed by atoms with Crippen molar-refractivity contribution in [3.8, 4) is 11.5 Å². The second-order valence-corrected chi connectivity index (χ2v) is 9.01. The van der Waals surface area contributed by atoms with Crippen molar-refractivity contribution in [2.45, 2.75) is 32.1 Å². The number of carbonyl (C=O) groups is 2. The Morgan fingerprint density at radius 2 is 2.03 bits per heavy atom. The van der Waals surface area contributed by atoms with Gasteiger partial charge in [-0.3, -0.25) is 9.59 Å². The molecule has 1 unspecified atom stereocenters. The highest BCUT2D eigenvalue weighted by Crippen LogP contribution is 2.30. The SMILES string of the molecule is COC(=O)c1c(OCc2ccsc2)cc(=O)n2c1CCN(C(=O)C1Cc3ccccc3O1)CC2. The molecule has 0 fully saturated rings.